The number of nitrogens with two attached hydrogens (primary N) is 1. The van der Waals surface area contributed by atoms with Crippen molar-refractivity contribution in [2.24, 2.45) is 11.7 Å². The first kappa shape index (κ1) is 10.3. The molecule has 1 aromatic rings. The van der Waals surface area contributed by atoms with Gasteiger partial charge in [-0.3, -0.25) is 4.90 Å². The molecule has 1 aliphatic carbocycles. The van der Waals surface area contributed by atoms with Gasteiger partial charge in [0.1, 0.15) is 0 Å². The second kappa shape index (κ2) is 4.19. The fourth-order valence-electron chi connectivity index (χ4n) is 3.39. The first-order chi connectivity index (χ1) is 7.81. The molecule has 2 nitrogen and oxygen atoms in total. The molecule has 3 atom stereocenters. The molecule has 0 aromatic heterocycles. The van der Waals surface area contributed by atoms with Gasteiger partial charge in [0.05, 0.1) is 0 Å². The molecule has 86 valence electrons. The van der Waals surface area contributed by atoms with Gasteiger partial charge in [0.25, 0.3) is 0 Å². The number of hydrogen-bond acceptors (Lipinski definition) is 2. The van der Waals surface area contributed by atoms with Crippen molar-refractivity contribution < 1.29 is 0 Å². The van der Waals surface area contributed by atoms with Gasteiger partial charge in [-0.1, -0.05) is 30.3 Å². The molecular weight excluding hydrogens is 196 g/mol. The maximum absolute atomic E-state index is 6.08. The molecule has 0 spiro atoms. The normalized spacial score (nSPS) is 34.2. The van der Waals surface area contributed by atoms with Crippen LogP contribution in [0.2, 0.25) is 0 Å². The van der Waals surface area contributed by atoms with E-state index in [1.807, 2.05) is 0 Å². The lowest BCUT2D eigenvalue weighted by Crippen LogP contribution is -2.35. The molecule has 0 amide bonds. The molecule has 3 unspecified atom stereocenters. The van der Waals surface area contributed by atoms with Crippen molar-refractivity contribution >= 4 is 0 Å². The summed E-state index contributed by atoms with van der Waals surface area (Å²) in [5, 5.41) is 0. The monoisotopic (exact) mass is 216 g/mol. The summed E-state index contributed by atoms with van der Waals surface area (Å²) in [6.45, 7) is 2.36. The van der Waals surface area contributed by atoms with Crippen molar-refractivity contribution in [3.05, 3.63) is 35.9 Å². The Morgan fingerprint density at radius 2 is 1.94 bits per heavy atom. The van der Waals surface area contributed by atoms with E-state index in [0.717, 1.165) is 18.5 Å². The Morgan fingerprint density at radius 3 is 2.75 bits per heavy atom. The molecular formula is C14H20N2. The van der Waals surface area contributed by atoms with Crippen LogP contribution in [-0.2, 0) is 6.54 Å². The SMILES string of the molecule is NC1CC2CC(C1)N(Cc1ccccc1)C2. The Kier molecular flexibility index (Phi) is 2.70. The van der Waals surface area contributed by atoms with Crippen LogP contribution < -0.4 is 5.73 Å². The second-order valence-corrected chi connectivity index (χ2v) is 5.40. The van der Waals surface area contributed by atoms with Crippen molar-refractivity contribution in [1.82, 2.24) is 4.90 Å². The fourth-order valence-corrected chi connectivity index (χ4v) is 3.39. The van der Waals surface area contributed by atoms with Crippen LogP contribution in [0.25, 0.3) is 0 Å². The van der Waals surface area contributed by atoms with Crippen LogP contribution in [0.4, 0.5) is 0 Å². The molecule has 0 radical (unpaired) electrons. The smallest absolute Gasteiger partial charge is 0.0236 e. The van der Waals surface area contributed by atoms with E-state index in [9.17, 15) is 0 Å². The van der Waals surface area contributed by atoms with E-state index in [-0.39, 0.29) is 0 Å². The Labute approximate surface area is 97.4 Å². The lowest BCUT2D eigenvalue weighted by molar-refractivity contribution is 0.229. The van der Waals surface area contributed by atoms with E-state index in [0.29, 0.717) is 6.04 Å². The number of hydrogen-bond donors (Lipinski definition) is 1. The Hall–Kier alpha value is -0.860. The molecule has 2 bridgehead atoms. The molecule has 3 rings (SSSR count). The summed E-state index contributed by atoms with van der Waals surface area (Å²) in [7, 11) is 0. The van der Waals surface area contributed by atoms with Gasteiger partial charge in [0.2, 0.25) is 0 Å². The van der Waals surface area contributed by atoms with Gasteiger partial charge in [0.15, 0.2) is 0 Å². The summed E-state index contributed by atoms with van der Waals surface area (Å²) in [6.07, 6.45) is 3.81. The number of rotatable bonds is 2. The summed E-state index contributed by atoms with van der Waals surface area (Å²) in [5.41, 5.74) is 7.52. The van der Waals surface area contributed by atoms with E-state index in [1.165, 1.54) is 31.4 Å². The van der Waals surface area contributed by atoms with Crippen LogP contribution in [0, 0.1) is 5.92 Å². The predicted octanol–water partition coefficient (Wildman–Crippen LogP) is 2.00. The van der Waals surface area contributed by atoms with E-state index >= 15 is 0 Å². The van der Waals surface area contributed by atoms with Crippen LogP contribution >= 0.6 is 0 Å². The summed E-state index contributed by atoms with van der Waals surface area (Å²) in [4.78, 5) is 2.63. The number of likely N-dealkylation sites (tertiary alicyclic amines) is 1. The van der Waals surface area contributed by atoms with Crippen LogP contribution in [0.3, 0.4) is 0 Å². The Morgan fingerprint density at radius 1 is 1.12 bits per heavy atom. The van der Waals surface area contributed by atoms with Crippen molar-refractivity contribution in [2.45, 2.75) is 37.9 Å². The highest BCUT2D eigenvalue weighted by molar-refractivity contribution is 5.15. The molecule has 2 heteroatoms. The predicted molar refractivity (Wildman–Crippen MR) is 66.0 cm³/mol. The Bertz CT molecular complexity index is 349. The zero-order valence-electron chi connectivity index (χ0n) is 9.68. The third kappa shape index (κ3) is 2.00. The average molecular weight is 216 g/mol. The lowest BCUT2D eigenvalue weighted by Gasteiger charge is -2.27. The standard InChI is InChI=1S/C14H20N2/c15-13-6-12-7-14(8-13)16(10-12)9-11-4-2-1-3-5-11/h1-5,12-14H,6-10,15H2. The quantitative estimate of drug-likeness (QED) is 0.819. The summed E-state index contributed by atoms with van der Waals surface area (Å²) in [6, 6.07) is 12.0. The average Bonchev–Trinajstić information content (AvgIpc) is 2.55. The van der Waals surface area contributed by atoms with Crippen molar-refractivity contribution in [3.8, 4) is 0 Å². The van der Waals surface area contributed by atoms with E-state index in [1.54, 1.807) is 0 Å². The van der Waals surface area contributed by atoms with Gasteiger partial charge in [-0.05, 0) is 30.7 Å². The molecule has 2 N–H and O–H groups in total. The molecule has 16 heavy (non-hydrogen) atoms. The third-order valence-electron chi connectivity index (χ3n) is 4.05. The van der Waals surface area contributed by atoms with E-state index in [2.05, 4.69) is 35.2 Å². The zero-order chi connectivity index (χ0) is 11.0. The second-order valence-electron chi connectivity index (χ2n) is 5.40. The lowest BCUT2D eigenvalue weighted by atomic mass is 9.87. The Balaban J connectivity index is 1.69. The first-order valence-corrected chi connectivity index (χ1v) is 6.35. The summed E-state index contributed by atoms with van der Waals surface area (Å²) in [5.74, 6) is 0.859. The molecule has 1 saturated heterocycles. The van der Waals surface area contributed by atoms with Crippen molar-refractivity contribution in [2.75, 3.05) is 6.54 Å². The van der Waals surface area contributed by atoms with E-state index < -0.39 is 0 Å². The highest BCUT2D eigenvalue weighted by Gasteiger charge is 2.37. The zero-order valence-corrected chi connectivity index (χ0v) is 9.68. The summed E-state index contributed by atoms with van der Waals surface area (Å²) >= 11 is 0. The van der Waals surface area contributed by atoms with Crippen LogP contribution in [0.5, 0.6) is 0 Å². The summed E-state index contributed by atoms with van der Waals surface area (Å²) < 4.78 is 0. The van der Waals surface area contributed by atoms with Gasteiger partial charge >= 0.3 is 0 Å². The molecule has 1 aliphatic heterocycles. The molecule has 2 aliphatic rings. The molecule has 1 saturated carbocycles. The highest BCUT2D eigenvalue weighted by Crippen LogP contribution is 2.35. The number of nitrogens with zero attached hydrogens (tertiary/aromatic N) is 1. The number of benzene rings is 1. The third-order valence-corrected chi connectivity index (χ3v) is 4.05. The van der Waals surface area contributed by atoms with Gasteiger partial charge < -0.3 is 5.73 Å². The van der Waals surface area contributed by atoms with Gasteiger partial charge in [-0.25, -0.2) is 0 Å². The van der Waals surface area contributed by atoms with Gasteiger partial charge in [-0.15, -0.1) is 0 Å². The minimum atomic E-state index is 0.449. The van der Waals surface area contributed by atoms with Crippen LogP contribution in [-0.4, -0.2) is 23.5 Å². The minimum absolute atomic E-state index is 0.449. The van der Waals surface area contributed by atoms with Gasteiger partial charge in [-0.2, -0.15) is 0 Å². The first-order valence-electron chi connectivity index (χ1n) is 6.35. The molecule has 1 aromatic carbocycles. The molecule has 1 heterocycles. The minimum Gasteiger partial charge on any atom is -0.328 e. The highest BCUT2D eigenvalue weighted by atomic mass is 15.2. The largest absolute Gasteiger partial charge is 0.328 e. The van der Waals surface area contributed by atoms with Crippen LogP contribution in [0.1, 0.15) is 24.8 Å². The maximum atomic E-state index is 6.08. The fraction of sp³-hybridized carbons (Fsp3) is 0.571. The molecule has 2 fully saturated rings. The van der Waals surface area contributed by atoms with Crippen molar-refractivity contribution in [3.63, 3.8) is 0 Å². The maximum Gasteiger partial charge on any atom is 0.0236 e. The van der Waals surface area contributed by atoms with E-state index in [4.69, 9.17) is 5.73 Å². The number of fused-ring (bicyclic) bond motifs is 2. The topological polar surface area (TPSA) is 29.3 Å². The van der Waals surface area contributed by atoms with Crippen molar-refractivity contribution in [1.29, 1.82) is 0 Å². The van der Waals surface area contributed by atoms with Gasteiger partial charge in [0, 0.05) is 25.2 Å². The van der Waals surface area contributed by atoms with Crippen LogP contribution in [0.15, 0.2) is 30.3 Å².